The molecule has 0 amide bonds. The Kier molecular flexibility index (Phi) is 6.53. The zero-order chi connectivity index (χ0) is 14.4. The molecule has 0 aliphatic rings. The molecule has 0 aliphatic heterocycles. The third-order valence-electron chi connectivity index (χ3n) is 3.51. The number of benzene rings is 1. The first-order valence-corrected chi connectivity index (χ1v) is 7.41. The average molecular weight is 263 g/mol. The Balaban J connectivity index is 2.47. The maximum atomic E-state index is 9.87. The van der Waals surface area contributed by atoms with Gasteiger partial charge in [-0.3, -0.25) is 0 Å². The van der Waals surface area contributed by atoms with Gasteiger partial charge in [0.25, 0.3) is 0 Å². The molecule has 0 spiro atoms. The zero-order valence-electron chi connectivity index (χ0n) is 13.0. The van der Waals surface area contributed by atoms with E-state index in [-0.39, 0.29) is 12.1 Å². The molecule has 1 aromatic rings. The lowest BCUT2D eigenvalue weighted by atomic mass is 9.99. The summed E-state index contributed by atoms with van der Waals surface area (Å²) >= 11 is 0. The van der Waals surface area contributed by atoms with Crippen molar-refractivity contribution in [3.63, 3.8) is 0 Å². The Morgan fingerprint density at radius 3 is 1.95 bits per heavy atom. The predicted molar refractivity (Wildman–Crippen MR) is 82.4 cm³/mol. The molecule has 19 heavy (non-hydrogen) atoms. The zero-order valence-corrected chi connectivity index (χ0v) is 13.0. The summed E-state index contributed by atoms with van der Waals surface area (Å²) in [7, 11) is 0. The van der Waals surface area contributed by atoms with Gasteiger partial charge in [0.05, 0.1) is 6.10 Å². The van der Waals surface area contributed by atoms with E-state index in [2.05, 4.69) is 64.2 Å². The van der Waals surface area contributed by atoms with Crippen LogP contribution in [0, 0.1) is 5.92 Å². The summed E-state index contributed by atoms with van der Waals surface area (Å²) in [6.07, 6.45) is 0.601. The van der Waals surface area contributed by atoms with Crippen LogP contribution in [0.15, 0.2) is 24.3 Å². The second kappa shape index (κ2) is 7.66. The fourth-order valence-corrected chi connectivity index (χ4v) is 2.23. The van der Waals surface area contributed by atoms with Gasteiger partial charge in [-0.1, -0.05) is 52.0 Å². The summed E-state index contributed by atoms with van der Waals surface area (Å²) in [5, 5.41) is 13.3. The highest BCUT2D eigenvalue weighted by molar-refractivity contribution is 5.26. The molecule has 108 valence electrons. The molecule has 0 saturated carbocycles. The SMILES string of the molecule is CC(C)CC(O)CNC(C)c1ccc(C(C)C)cc1. The summed E-state index contributed by atoms with van der Waals surface area (Å²) in [5.41, 5.74) is 2.65. The van der Waals surface area contributed by atoms with Crippen LogP contribution in [0.1, 0.15) is 64.1 Å². The van der Waals surface area contributed by atoms with Gasteiger partial charge in [0, 0.05) is 12.6 Å². The van der Waals surface area contributed by atoms with Crippen molar-refractivity contribution in [3.05, 3.63) is 35.4 Å². The van der Waals surface area contributed by atoms with Crippen molar-refractivity contribution in [2.45, 2.75) is 59.1 Å². The minimum absolute atomic E-state index is 0.252. The van der Waals surface area contributed by atoms with E-state index in [1.54, 1.807) is 0 Å². The molecule has 0 radical (unpaired) electrons. The smallest absolute Gasteiger partial charge is 0.0667 e. The van der Waals surface area contributed by atoms with Gasteiger partial charge in [0.2, 0.25) is 0 Å². The fourth-order valence-electron chi connectivity index (χ4n) is 2.23. The highest BCUT2D eigenvalue weighted by Gasteiger charge is 2.10. The quantitative estimate of drug-likeness (QED) is 0.782. The van der Waals surface area contributed by atoms with E-state index in [0.29, 0.717) is 18.4 Å². The maximum absolute atomic E-state index is 9.87. The van der Waals surface area contributed by atoms with E-state index < -0.39 is 0 Å². The highest BCUT2D eigenvalue weighted by atomic mass is 16.3. The minimum atomic E-state index is -0.252. The molecular weight excluding hydrogens is 234 g/mol. The van der Waals surface area contributed by atoms with Crippen LogP contribution in [0.4, 0.5) is 0 Å². The predicted octanol–water partition coefficient (Wildman–Crippen LogP) is 3.87. The molecule has 2 atom stereocenters. The molecule has 2 heteroatoms. The Labute approximate surface area is 118 Å². The van der Waals surface area contributed by atoms with Crippen molar-refractivity contribution >= 4 is 0 Å². The van der Waals surface area contributed by atoms with Crippen molar-refractivity contribution in [3.8, 4) is 0 Å². The lowest BCUT2D eigenvalue weighted by Crippen LogP contribution is -2.30. The van der Waals surface area contributed by atoms with Crippen LogP contribution in [-0.2, 0) is 0 Å². The second-order valence-corrected chi connectivity index (χ2v) is 6.23. The molecule has 1 aromatic carbocycles. The van der Waals surface area contributed by atoms with E-state index in [0.717, 1.165) is 6.42 Å². The first kappa shape index (κ1) is 16.2. The van der Waals surface area contributed by atoms with E-state index in [4.69, 9.17) is 0 Å². The van der Waals surface area contributed by atoms with Crippen LogP contribution >= 0.6 is 0 Å². The van der Waals surface area contributed by atoms with E-state index >= 15 is 0 Å². The summed E-state index contributed by atoms with van der Waals surface area (Å²) < 4.78 is 0. The molecule has 0 saturated heterocycles. The summed E-state index contributed by atoms with van der Waals surface area (Å²) in [6, 6.07) is 9.04. The molecule has 0 aliphatic carbocycles. The minimum Gasteiger partial charge on any atom is -0.392 e. The van der Waals surface area contributed by atoms with Crippen LogP contribution < -0.4 is 5.32 Å². The molecule has 2 unspecified atom stereocenters. The second-order valence-electron chi connectivity index (χ2n) is 6.23. The lowest BCUT2D eigenvalue weighted by Gasteiger charge is -2.19. The van der Waals surface area contributed by atoms with E-state index in [1.807, 2.05) is 0 Å². The first-order chi connectivity index (χ1) is 8.90. The van der Waals surface area contributed by atoms with Crippen LogP contribution in [-0.4, -0.2) is 17.8 Å². The molecule has 1 rings (SSSR count). The topological polar surface area (TPSA) is 32.3 Å². The number of hydrogen-bond donors (Lipinski definition) is 2. The average Bonchev–Trinajstić information content (AvgIpc) is 2.35. The standard InChI is InChI=1S/C17H29NO/c1-12(2)10-17(19)11-18-14(5)16-8-6-15(7-9-16)13(3)4/h6-9,12-14,17-19H,10-11H2,1-5H3. The molecule has 0 fully saturated rings. The Hall–Kier alpha value is -0.860. The third-order valence-corrected chi connectivity index (χ3v) is 3.51. The maximum Gasteiger partial charge on any atom is 0.0667 e. The van der Waals surface area contributed by atoms with Crippen LogP contribution in [0.3, 0.4) is 0 Å². The van der Waals surface area contributed by atoms with Crippen LogP contribution in [0.5, 0.6) is 0 Å². The number of nitrogens with one attached hydrogen (secondary N) is 1. The number of aliphatic hydroxyl groups excluding tert-OH is 1. The fraction of sp³-hybridized carbons (Fsp3) is 0.647. The number of hydrogen-bond acceptors (Lipinski definition) is 2. The Morgan fingerprint density at radius 2 is 1.47 bits per heavy atom. The summed E-state index contributed by atoms with van der Waals surface area (Å²) in [4.78, 5) is 0. The van der Waals surface area contributed by atoms with Crippen molar-refractivity contribution in [1.82, 2.24) is 5.32 Å². The number of rotatable bonds is 7. The van der Waals surface area contributed by atoms with Crippen molar-refractivity contribution in [2.24, 2.45) is 5.92 Å². The van der Waals surface area contributed by atoms with Gasteiger partial charge >= 0.3 is 0 Å². The number of aliphatic hydroxyl groups is 1. The normalized spacial score (nSPS) is 14.9. The molecule has 0 heterocycles. The molecule has 2 N–H and O–H groups in total. The Morgan fingerprint density at radius 1 is 0.947 bits per heavy atom. The molecule has 0 aromatic heterocycles. The van der Waals surface area contributed by atoms with Crippen LogP contribution in [0.2, 0.25) is 0 Å². The monoisotopic (exact) mass is 263 g/mol. The molecular formula is C17H29NO. The Bertz CT molecular complexity index is 356. The van der Waals surface area contributed by atoms with Crippen LogP contribution in [0.25, 0.3) is 0 Å². The summed E-state index contributed by atoms with van der Waals surface area (Å²) in [5.74, 6) is 1.11. The van der Waals surface area contributed by atoms with Crippen molar-refractivity contribution < 1.29 is 5.11 Å². The lowest BCUT2D eigenvalue weighted by molar-refractivity contribution is 0.143. The highest BCUT2D eigenvalue weighted by Crippen LogP contribution is 2.18. The first-order valence-electron chi connectivity index (χ1n) is 7.41. The largest absolute Gasteiger partial charge is 0.392 e. The third kappa shape index (κ3) is 5.75. The van der Waals surface area contributed by atoms with Gasteiger partial charge in [0.15, 0.2) is 0 Å². The van der Waals surface area contributed by atoms with E-state index in [1.165, 1.54) is 11.1 Å². The van der Waals surface area contributed by atoms with Crippen molar-refractivity contribution in [1.29, 1.82) is 0 Å². The van der Waals surface area contributed by atoms with Crippen molar-refractivity contribution in [2.75, 3.05) is 6.54 Å². The molecule has 0 bridgehead atoms. The summed E-state index contributed by atoms with van der Waals surface area (Å²) in [6.45, 7) is 11.5. The van der Waals surface area contributed by atoms with E-state index in [9.17, 15) is 5.11 Å². The van der Waals surface area contributed by atoms with Gasteiger partial charge in [-0.05, 0) is 36.3 Å². The van der Waals surface area contributed by atoms with Gasteiger partial charge in [-0.25, -0.2) is 0 Å². The van der Waals surface area contributed by atoms with Gasteiger partial charge < -0.3 is 10.4 Å². The van der Waals surface area contributed by atoms with Gasteiger partial charge in [0.1, 0.15) is 0 Å². The van der Waals surface area contributed by atoms with Gasteiger partial charge in [-0.15, -0.1) is 0 Å². The molecule has 2 nitrogen and oxygen atoms in total. The van der Waals surface area contributed by atoms with Gasteiger partial charge in [-0.2, -0.15) is 0 Å².